The summed E-state index contributed by atoms with van der Waals surface area (Å²) in [5.74, 6) is 0.220. The van der Waals surface area contributed by atoms with Crippen molar-refractivity contribution in [3.8, 4) is 0 Å². The molecular formula is C18H28N4O3S. The van der Waals surface area contributed by atoms with Gasteiger partial charge in [-0.25, -0.2) is 12.7 Å². The average Bonchev–Trinajstić information content (AvgIpc) is 2.83. The molecule has 2 fully saturated rings. The van der Waals surface area contributed by atoms with Crippen molar-refractivity contribution in [2.24, 2.45) is 0 Å². The first kappa shape index (κ1) is 19.3. The zero-order valence-electron chi connectivity index (χ0n) is 15.1. The van der Waals surface area contributed by atoms with Gasteiger partial charge in [0.15, 0.2) is 0 Å². The van der Waals surface area contributed by atoms with Gasteiger partial charge in [-0.1, -0.05) is 6.07 Å². The van der Waals surface area contributed by atoms with E-state index in [9.17, 15) is 13.2 Å². The Morgan fingerprint density at radius 1 is 1.27 bits per heavy atom. The van der Waals surface area contributed by atoms with E-state index < -0.39 is 10.0 Å². The van der Waals surface area contributed by atoms with Gasteiger partial charge in [-0.15, -0.1) is 0 Å². The Labute approximate surface area is 155 Å². The molecule has 1 amide bonds. The number of nitrogens with one attached hydrogen (secondary N) is 1. The van der Waals surface area contributed by atoms with Gasteiger partial charge in [0.25, 0.3) is 0 Å². The van der Waals surface area contributed by atoms with E-state index in [1.165, 1.54) is 4.31 Å². The minimum absolute atomic E-state index is 0.0182. The van der Waals surface area contributed by atoms with Gasteiger partial charge in [-0.05, 0) is 50.9 Å². The summed E-state index contributed by atoms with van der Waals surface area (Å²) in [4.78, 5) is 19.3. The van der Waals surface area contributed by atoms with E-state index in [2.05, 4.69) is 10.3 Å². The van der Waals surface area contributed by atoms with E-state index in [0.717, 1.165) is 38.0 Å². The third-order valence-corrected chi connectivity index (χ3v) is 7.10. The van der Waals surface area contributed by atoms with Crippen molar-refractivity contribution in [2.45, 2.75) is 44.7 Å². The molecule has 2 aliphatic heterocycles. The lowest BCUT2D eigenvalue weighted by Gasteiger charge is -2.31. The SMILES string of the molecule is O=C(CCN1CCCS1(=O)=O)N(Cc1ccccn1)C1CCCNCC1. The van der Waals surface area contributed by atoms with Crippen LogP contribution in [0, 0.1) is 0 Å². The summed E-state index contributed by atoms with van der Waals surface area (Å²) in [6, 6.07) is 5.90. The van der Waals surface area contributed by atoms with Crippen LogP contribution in [0.15, 0.2) is 24.4 Å². The number of hydrogen-bond acceptors (Lipinski definition) is 5. The Morgan fingerprint density at radius 3 is 2.88 bits per heavy atom. The van der Waals surface area contributed by atoms with Crippen LogP contribution in [0.5, 0.6) is 0 Å². The summed E-state index contributed by atoms with van der Waals surface area (Å²) in [5.41, 5.74) is 0.867. The van der Waals surface area contributed by atoms with E-state index >= 15 is 0 Å². The normalized spacial score (nSPS) is 23.5. The standard InChI is InChI=1S/C18H28N4O3S/c23-18(8-13-21-12-4-14-26(21,24)25)22(15-16-5-1-2-10-20-16)17-6-3-9-19-11-7-17/h1-2,5,10,17,19H,3-4,6-9,11-15H2. The second kappa shape index (κ2) is 8.92. The van der Waals surface area contributed by atoms with Crippen LogP contribution in [0.2, 0.25) is 0 Å². The molecule has 1 aromatic rings. The average molecular weight is 381 g/mol. The van der Waals surface area contributed by atoms with Crippen molar-refractivity contribution in [1.82, 2.24) is 19.5 Å². The van der Waals surface area contributed by atoms with Crippen LogP contribution < -0.4 is 5.32 Å². The zero-order valence-corrected chi connectivity index (χ0v) is 16.0. The van der Waals surface area contributed by atoms with Crippen LogP contribution in [0.3, 0.4) is 0 Å². The van der Waals surface area contributed by atoms with Crippen molar-refractivity contribution in [2.75, 3.05) is 31.9 Å². The van der Waals surface area contributed by atoms with Gasteiger partial charge in [0.1, 0.15) is 0 Å². The van der Waals surface area contributed by atoms with Crippen molar-refractivity contribution in [3.63, 3.8) is 0 Å². The summed E-state index contributed by atoms with van der Waals surface area (Å²) in [7, 11) is -3.16. The Balaban J connectivity index is 1.68. The van der Waals surface area contributed by atoms with Crippen LogP contribution in [0.4, 0.5) is 0 Å². The molecule has 1 aromatic heterocycles. The van der Waals surface area contributed by atoms with Gasteiger partial charge in [0, 0.05) is 31.7 Å². The minimum Gasteiger partial charge on any atom is -0.334 e. The molecule has 0 aromatic carbocycles. The summed E-state index contributed by atoms with van der Waals surface area (Å²) in [6.45, 7) is 3.18. The van der Waals surface area contributed by atoms with Crippen LogP contribution >= 0.6 is 0 Å². The maximum atomic E-state index is 13.0. The number of amides is 1. The van der Waals surface area contributed by atoms with Crippen molar-refractivity contribution < 1.29 is 13.2 Å². The maximum absolute atomic E-state index is 13.0. The Morgan fingerprint density at radius 2 is 2.15 bits per heavy atom. The molecule has 2 aliphatic rings. The predicted octanol–water partition coefficient (Wildman–Crippen LogP) is 0.978. The van der Waals surface area contributed by atoms with E-state index in [-0.39, 0.29) is 30.7 Å². The van der Waals surface area contributed by atoms with Crippen LogP contribution in [0.25, 0.3) is 0 Å². The number of nitrogens with zero attached hydrogens (tertiary/aromatic N) is 3. The second-order valence-corrected chi connectivity index (χ2v) is 9.08. The van der Waals surface area contributed by atoms with Gasteiger partial charge in [0.05, 0.1) is 18.0 Å². The monoisotopic (exact) mass is 380 g/mol. The first-order valence-corrected chi connectivity index (χ1v) is 11.0. The van der Waals surface area contributed by atoms with Gasteiger partial charge in [0.2, 0.25) is 15.9 Å². The number of carbonyl (C=O) groups excluding carboxylic acids is 1. The third-order valence-electron chi connectivity index (χ3n) is 5.14. The fraction of sp³-hybridized carbons (Fsp3) is 0.667. The molecule has 8 heteroatoms. The molecule has 1 atom stereocenters. The number of pyridine rings is 1. The van der Waals surface area contributed by atoms with E-state index in [1.54, 1.807) is 6.20 Å². The summed E-state index contributed by atoms with van der Waals surface area (Å²) in [6.07, 6.45) is 5.55. The quantitative estimate of drug-likeness (QED) is 0.795. The minimum atomic E-state index is -3.16. The first-order valence-electron chi connectivity index (χ1n) is 9.44. The predicted molar refractivity (Wildman–Crippen MR) is 99.9 cm³/mol. The Hall–Kier alpha value is -1.51. The molecule has 0 aliphatic carbocycles. The van der Waals surface area contributed by atoms with Gasteiger partial charge < -0.3 is 10.2 Å². The van der Waals surface area contributed by atoms with Gasteiger partial charge in [-0.2, -0.15) is 0 Å². The molecule has 1 unspecified atom stereocenters. The highest BCUT2D eigenvalue weighted by molar-refractivity contribution is 7.89. The van der Waals surface area contributed by atoms with Crippen LogP contribution in [-0.4, -0.2) is 66.5 Å². The van der Waals surface area contributed by atoms with Gasteiger partial charge in [-0.3, -0.25) is 9.78 Å². The molecule has 144 valence electrons. The number of carbonyl (C=O) groups is 1. The van der Waals surface area contributed by atoms with Crippen LogP contribution in [-0.2, 0) is 21.4 Å². The Bertz CT molecular complexity index is 688. The van der Waals surface area contributed by atoms with Crippen molar-refractivity contribution >= 4 is 15.9 Å². The molecule has 0 saturated carbocycles. The highest BCUT2D eigenvalue weighted by Gasteiger charge is 2.30. The molecule has 7 nitrogen and oxygen atoms in total. The van der Waals surface area contributed by atoms with Crippen LogP contribution in [0.1, 0.15) is 37.8 Å². The lowest BCUT2D eigenvalue weighted by molar-refractivity contribution is -0.134. The molecular weight excluding hydrogens is 352 g/mol. The van der Waals surface area contributed by atoms with Crippen molar-refractivity contribution in [1.29, 1.82) is 0 Å². The van der Waals surface area contributed by atoms with E-state index in [0.29, 0.717) is 19.5 Å². The smallest absolute Gasteiger partial charge is 0.224 e. The molecule has 3 rings (SSSR count). The zero-order chi connectivity index (χ0) is 18.4. The third kappa shape index (κ3) is 5.02. The second-order valence-electron chi connectivity index (χ2n) is 7.00. The topological polar surface area (TPSA) is 82.6 Å². The number of hydrogen-bond donors (Lipinski definition) is 1. The fourth-order valence-electron chi connectivity index (χ4n) is 3.71. The van der Waals surface area contributed by atoms with Crippen molar-refractivity contribution in [3.05, 3.63) is 30.1 Å². The van der Waals surface area contributed by atoms with E-state index in [4.69, 9.17) is 0 Å². The molecule has 0 radical (unpaired) electrons. The van der Waals surface area contributed by atoms with E-state index in [1.807, 2.05) is 23.1 Å². The maximum Gasteiger partial charge on any atom is 0.224 e. The lowest BCUT2D eigenvalue weighted by Crippen LogP contribution is -2.42. The molecule has 2 saturated heterocycles. The molecule has 3 heterocycles. The highest BCUT2D eigenvalue weighted by atomic mass is 32.2. The summed E-state index contributed by atoms with van der Waals surface area (Å²) < 4.78 is 25.4. The van der Waals surface area contributed by atoms with Gasteiger partial charge >= 0.3 is 0 Å². The summed E-state index contributed by atoms with van der Waals surface area (Å²) >= 11 is 0. The fourth-order valence-corrected chi connectivity index (χ4v) is 5.23. The highest BCUT2D eigenvalue weighted by Crippen LogP contribution is 2.19. The molecule has 0 spiro atoms. The molecule has 0 bridgehead atoms. The Kier molecular flexibility index (Phi) is 6.61. The lowest BCUT2D eigenvalue weighted by atomic mass is 10.1. The summed E-state index contributed by atoms with van der Waals surface area (Å²) in [5, 5.41) is 3.38. The number of sulfonamides is 1. The first-order chi connectivity index (χ1) is 12.6. The largest absolute Gasteiger partial charge is 0.334 e. The number of aromatic nitrogens is 1. The molecule has 26 heavy (non-hydrogen) atoms. The molecule has 1 N–H and O–H groups in total. The number of rotatable bonds is 6.